The summed E-state index contributed by atoms with van der Waals surface area (Å²) in [5.74, 6) is 0.115. The van der Waals surface area contributed by atoms with Crippen LogP contribution in [0.15, 0.2) is 53.4 Å². The molecule has 0 saturated carbocycles. The van der Waals surface area contributed by atoms with Crippen LogP contribution in [0.1, 0.15) is 25.7 Å². The highest BCUT2D eigenvalue weighted by Gasteiger charge is 2.25. The quantitative estimate of drug-likeness (QED) is 0.765. The molecule has 1 fully saturated rings. The Hall–Kier alpha value is -2.09. The van der Waals surface area contributed by atoms with Crippen molar-refractivity contribution in [2.45, 2.75) is 30.6 Å². The molecule has 1 N–H and O–H groups in total. The second-order valence-corrected chi connectivity index (χ2v) is 9.01. The molecule has 0 bridgehead atoms. The van der Waals surface area contributed by atoms with Crippen molar-refractivity contribution in [1.82, 2.24) is 4.31 Å². The van der Waals surface area contributed by atoms with Crippen molar-refractivity contribution in [3.05, 3.63) is 53.6 Å². The van der Waals surface area contributed by atoms with Crippen molar-refractivity contribution >= 4 is 33.2 Å². The lowest BCUT2D eigenvalue weighted by molar-refractivity contribution is -0.118. The zero-order chi connectivity index (χ0) is 20.0. The minimum absolute atomic E-state index is 0.180. The highest BCUT2D eigenvalue weighted by Crippen LogP contribution is 2.22. The molecule has 3 rings (SSSR count). The van der Waals surface area contributed by atoms with Gasteiger partial charge < -0.3 is 10.1 Å². The number of ether oxygens (including phenoxy) is 1. The monoisotopic (exact) mass is 422 g/mol. The average Bonchev–Trinajstić information content (AvgIpc) is 2.99. The molecule has 1 aliphatic heterocycles. The number of sulfonamides is 1. The molecule has 0 atom stereocenters. The van der Waals surface area contributed by atoms with E-state index < -0.39 is 10.0 Å². The standard InChI is InChI=1S/C20H23ClN2O4S/c21-16-5-7-17(8-6-16)22-20(24)15-27-18-9-11-19(12-10-18)28(25,26)23-13-3-1-2-4-14-23/h5-12H,1-4,13-15H2,(H,22,24). The molecule has 0 radical (unpaired) electrons. The van der Waals surface area contributed by atoms with Crippen LogP contribution in [0.2, 0.25) is 5.02 Å². The van der Waals surface area contributed by atoms with E-state index in [1.807, 2.05) is 0 Å². The predicted molar refractivity (Wildman–Crippen MR) is 109 cm³/mol. The number of hydrogen-bond donors (Lipinski definition) is 1. The number of hydrogen-bond acceptors (Lipinski definition) is 4. The summed E-state index contributed by atoms with van der Waals surface area (Å²) < 4.78 is 32.5. The number of nitrogens with zero attached hydrogens (tertiary/aromatic N) is 1. The molecule has 8 heteroatoms. The van der Waals surface area contributed by atoms with E-state index in [-0.39, 0.29) is 17.4 Å². The highest BCUT2D eigenvalue weighted by atomic mass is 35.5. The molecule has 1 saturated heterocycles. The van der Waals surface area contributed by atoms with Gasteiger partial charge in [-0.1, -0.05) is 24.4 Å². The minimum Gasteiger partial charge on any atom is -0.484 e. The predicted octanol–water partition coefficient (Wildman–Crippen LogP) is 3.92. The first-order valence-electron chi connectivity index (χ1n) is 9.23. The van der Waals surface area contributed by atoms with Gasteiger partial charge in [-0.2, -0.15) is 4.31 Å². The van der Waals surface area contributed by atoms with Gasteiger partial charge in [-0.3, -0.25) is 4.79 Å². The van der Waals surface area contributed by atoms with Gasteiger partial charge in [0.15, 0.2) is 6.61 Å². The van der Waals surface area contributed by atoms with Crippen molar-refractivity contribution in [2.24, 2.45) is 0 Å². The molecule has 1 heterocycles. The van der Waals surface area contributed by atoms with E-state index in [1.165, 1.54) is 12.1 Å². The Morgan fingerprint density at radius 1 is 0.964 bits per heavy atom. The van der Waals surface area contributed by atoms with Crippen molar-refractivity contribution in [3.63, 3.8) is 0 Å². The lowest BCUT2D eigenvalue weighted by Gasteiger charge is -2.20. The van der Waals surface area contributed by atoms with Crippen LogP contribution >= 0.6 is 11.6 Å². The van der Waals surface area contributed by atoms with Gasteiger partial charge in [-0.15, -0.1) is 0 Å². The van der Waals surface area contributed by atoms with Gasteiger partial charge in [0.2, 0.25) is 10.0 Å². The van der Waals surface area contributed by atoms with Crippen molar-refractivity contribution in [3.8, 4) is 5.75 Å². The van der Waals surface area contributed by atoms with Gasteiger partial charge in [-0.25, -0.2) is 8.42 Å². The summed E-state index contributed by atoms with van der Waals surface area (Å²) in [6, 6.07) is 12.9. The Morgan fingerprint density at radius 2 is 1.57 bits per heavy atom. The fourth-order valence-electron chi connectivity index (χ4n) is 3.02. The lowest BCUT2D eigenvalue weighted by Crippen LogP contribution is -2.31. The van der Waals surface area contributed by atoms with Crippen LogP contribution < -0.4 is 10.1 Å². The van der Waals surface area contributed by atoms with Gasteiger partial charge in [-0.05, 0) is 61.4 Å². The summed E-state index contributed by atoms with van der Waals surface area (Å²) >= 11 is 5.81. The van der Waals surface area contributed by atoms with Crippen molar-refractivity contribution in [2.75, 3.05) is 25.0 Å². The number of anilines is 1. The van der Waals surface area contributed by atoms with Crippen LogP contribution in [0, 0.1) is 0 Å². The molecule has 2 aromatic carbocycles. The first-order chi connectivity index (χ1) is 13.4. The van der Waals surface area contributed by atoms with E-state index >= 15 is 0 Å². The first-order valence-corrected chi connectivity index (χ1v) is 11.1. The van der Waals surface area contributed by atoms with Crippen LogP contribution in [0.5, 0.6) is 5.75 Å². The third-order valence-corrected chi connectivity index (χ3v) is 6.69. The maximum Gasteiger partial charge on any atom is 0.262 e. The van der Waals surface area contributed by atoms with E-state index in [1.54, 1.807) is 40.7 Å². The maximum atomic E-state index is 12.8. The number of carbonyl (C=O) groups is 1. The molecule has 0 spiro atoms. The summed E-state index contributed by atoms with van der Waals surface area (Å²) in [5.41, 5.74) is 0.622. The minimum atomic E-state index is -3.49. The number of rotatable bonds is 6. The number of benzene rings is 2. The van der Waals surface area contributed by atoms with E-state index in [4.69, 9.17) is 16.3 Å². The van der Waals surface area contributed by atoms with Crippen molar-refractivity contribution < 1.29 is 17.9 Å². The molecule has 6 nitrogen and oxygen atoms in total. The molecule has 150 valence electrons. The van der Waals surface area contributed by atoms with Gasteiger partial charge >= 0.3 is 0 Å². The third kappa shape index (κ3) is 5.47. The zero-order valence-electron chi connectivity index (χ0n) is 15.4. The summed E-state index contributed by atoms with van der Waals surface area (Å²) in [5, 5.41) is 3.29. The van der Waals surface area contributed by atoms with Crippen molar-refractivity contribution in [1.29, 1.82) is 0 Å². The molecule has 0 aliphatic carbocycles. The molecule has 1 amide bonds. The fourth-order valence-corrected chi connectivity index (χ4v) is 4.66. The summed E-state index contributed by atoms with van der Waals surface area (Å²) in [6.45, 7) is 0.942. The Labute approximate surface area is 170 Å². The SMILES string of the molecule is O=C(COc1ccc(S(=O)(=O)N2CCCCCC2)cc1)Nc1ccc(Cl)cc1. The number of carbonyl (C=O) groups excluding carboxylic acids is 1. The lowest BCUT2D eigenvalue weighted by atomic mass is 10.2. The van der Waals surface area contributed by atoms with E-state index in [0.29, 0.717) is 29.5 Å². The molecule has 28 heavy (non-hydrogen) atoms. The van der Waals surface area contributed by atoms with E-state index in [2.05, 4.69) is 5.32 Å². The van der Waals surface area contributed by atoms with Gasteiger partial charge in [0.1, 0.15) is 5.75 Å². The third-order valence-electron chi connectivity index (χ3n) is 4.52. The van der Waals surface area contributed by atoms with Crippen LogP contribution in [-0.2, 0) is 14.8 Å². The Morgan fingerprint density at radius 3 is 2.18 bits per heavy atom. The normalized spacial score (nSPS) is 15.6. The van der Waals surface area contributed by atoms with E-state index in [0.717, 1.165) is 25.7 Å². The summed E-state index contributed by atoms with van der Waals surface area (Å²) in [4.78, 5) is 12.2. The largest absolute Gasteiger partial charge is 0.484 e. The van der Waals surface area contributed by atoms with Crippen LogP contribution in [-0.4, -0.2) is 38.3 Å². The van der Waals surface area contributed by atoms with Crippen LogP contribution in [0.3, 0.4) is 0 Å². The Kier molecular flexibility index (Phi) is 6.93. The summed E-state index contributed by atoms with van der Waals surface area (Å²) in [6.07, 6.45) is 3.92. The van der Waals surface area contributed by atoms with E-state index in [9.17, 15) is 13.2 Å². The molecule has 1 aliphatic rings. The molecular weight excluding hydrogens is 400 g/mol. The first kappa shape index (κ1) is 20.6. The van der Waals surface area contributed by atoms with Crippen LogP contribution in [0.25, 0.3) is 0 Å². The second kappa shape index (κ2) is 9.41. The second-order valence-electron chi connectivity index (χ2n) is 6.63. The molecule has 2 aromatic rings. The van der Waals surface area contributed by atoms with Gasteiger partial charge in [0, 0.05) is 23.8 Å². The maximum absolute atomic E-state index is 12.8. The van der Waals surface area contributed by atoms with Crippen LogP contribution in [0.4, 0.5) is 5.69 Å². The smallest absolute Gasteiger partial charge is 0.262 e. The van der Waals surface area contributed by atoms with Gasteiger partial charge in [0.25, 0.3) is 5.91 Å². The summed E-state index contributed by atoms with van der Waals surface area (Å²) in [7, 11) is -3.49. The molecule has 0 aromatic heterocycles. The number of nitrogens with one attached hydrogen (secondary N) is 1. The topological polar surface area (TPSA) is 75.7 Å². The van der Waals surface area contributed by atoms with Gasteiger partial charge in [0.05, 0.1) is 4.90 Å². The fraction of sp³-hybridized carbons (Fsp3) is 0.350. The zero-order valence-corrected chi connectivity index (χ0v) is 17.0. The number of halogens is 1. The molecular formula is C20H23ClN2O4S. The Bertz CT molecular complexity index is 891. The highest BCUT2D eigenvalue weighted by molar-refractivity contribution is 7.89. The number of amides is 1. The Balaban J connectivity index is 1.56. The average molecular weight is 423 g/mol. The molecule has 0 unspecified atom stereocenters.